The van der Waals surface area contributed by atoms with Crippen molar-refractivity contribution in [2.24, 2.45) is 0 Å². The summed E-state index contributed by atoms with van der Waals surface area (Å²) in [5, 5.41) is 0.950. The van der Waals surface area contributed by atoms with Crippen LogP contribution in [-0.4, -0.2) is 49.2 Å². The van der Waals surface area contributed by atoms with Crippen molar-refractivity contribution in [1.82, 2.24) is 9.97 Å². The van der Waals surface area contributed by atoms with Crippen LogP contribution in [0.15, 0.2) is 24.3 Å². The molecule has 1 aliphatic rings. The fourth-order valence-corrected chi connectivity index (χ4v) is 4.78. The molecule has 28 heavy (non-hydrogen) atoms. The van der Waals surface area contributed by atoms with Crippen molar-refractivity contribution < 1.29 is 13.9 Å². The summed E-state index contributed by atoms with van der Waals surface area (Å²) in [7, 11) is 1.35. The van der Waals surface area contributed by atoms with Crippen LogP contribution in [0.2, 0.25) is 5.28 Å². The van der Waals surface area contributed by atoms with Crippen molar-refractivity contribution in [1.29, 1.82) is 0 Å². The molecule has 1 aromatic carbocycles. The van der Waals surface area contributed by atoms with Gasteiger partial charge in [0.2, 0.25) is 5.28 Å². The van der Waals surface area contributed by atoms with Crippen molar-refractivity contribution in [2.45, 2.75) is 6.92 Å². The molecule has 3 aromatic rings. The molecule has 0 N–H and O–H groups in total. The van der Waals surface area contributed by atoms with Gasteiger partial charge in [0, 0.05) is 26.2 Å². The van der Waals surface area contributed by atoms with Gasteiger partial charge in [0.05, 0.1) is 18.2 Å². The number of fused-ring (bicyclic) bond motifs is 1. The van der Waals surface area contributed by atoms with E-state index in [4.69, 9.17) is 16.3 Å². The molecule has 0 bridgehead atoms. The molecule has 146 valence electrons. The monoisotopic (exact) mass is 420 g/mol. The number of anilines is 2. The molecule has 1 aliphatic heterocycles. The number of nitrogens with zero attached hydrogens (tertiary/aromatic N) is 4. The zero-order valence-corrected chi connectivity index (χ0v) is 17.0. The maximum atomic E-state index is 14.1. The second kappa shape index (κ2) is 7.52. The Hall–Kier alpha value is -2.45. The first-order valence-corrected chi connectivity index (χ1v) is 9.98. The van der Waals surface area contributed by atoms with E-state index in [9.17, 15) is 9.18 Å². The first-order valence-electron chi connectivity index (χ1n) is 8.79. The molecule has 0 aliphatic carbocycles. The summed E-state index contributed by atoms with van der Waals surface area (Å²) in [6.07, 6.45) is 0. The normalized spacial score (nSPS) is 14.6. The van der Waals surface area contributed by atoms with Crippen LogP contribution in [0, 0.1) is 12.7 Å². The van der Waals surface area contributed by atoms with Crippen LogP contribution in [0.5, 0.6) is 0 Å². The Morgan fingerprint density at radius 3 is 2.54 bits per heavy atom. The van der Waals surface area contributed by atoms with Gasteiger partial charge in [0.15, 0.2) is 0 Å². The van der Waals surface area contributed by atoms with Gasteiger partial charge in [-0.2, -0.15) is 4.98 Å². The molecule has 0 spiro atoms. The highest BCUT2D eigenvalue weighted by atomic mass is 35.5. The quantitative estimate of drug-likeness (QED) is 0.473. The number of esters is 1. The minimum absolute atomic E-state index is 0.136. The van der Waals surface area contributed by atoms with Crippen LogP contribution in [0.4, 0.5) is 15.9 Å². The predicted octanol–water partition coefficient (Wildman–Crippen LogP) is 3.91. The summed E-state index contributed by atoms with van der Waals surface area (Å²) in [6.45, 7) is 4.47. The Kier molecular flexibility index (Phi) is 5.07. The van der Waals surface area contributed by atoms with E-state index in [-0.39, 0.29) is 11.1 Å². The van der Waals surface area contributed by atoms with Crippen LogP contribution in [0.3, 0.4) is 0 Å². The molecular formula is C19H18ClFN4O2S. The highest BCUT2D eigenvalue weighted by Crippen LogP contribution is 2.37. The Morgan fingerprint density at radius 1 is 1.18 bits per heavy atom. The zero-order chi connectivity index (χ0) is 19.8. The summed E-state index contributed by atoms with van der Waals surface area (Å²) >= 11 is 7.40. The Bertz CT molecular complexity index is 1050. The lowest BCUT2D eigenvalue weighted by molar-refractivity contribution is 0.0605. The minimum atomic E-state index is -0.396. The van der Waals surface area contributed by atoms with Gasteiger partial charge in [-0.1, -0.05) is 12.1 Å². The fraction of sp³-hybridized carbons (Fsp3) is 0.316. The van der Waals surface area contributed by atoms with Gasteiger partial charge in [0.25, 0.3) is 0 Å². The van der Waals surface area contributed by atoms with Crippen molar-refractivity contribution in [3.05, 3.63) is 45.8 Å². The molecule has 1 fully saturated rings. The second-order valence-electron chi connectivity index (χ2n) is 6.47. The zero-order valence-electron chi connectivity index (χ0n) is 15.4. The Morgan fingerprint density at radius 2 is 1.86 bits per heavy atom. The van der Waals surface area contributed by atoms with E-state index in [1.54, 1.807) is 12.1 Å². The lowest BCUT2D eigenvalue weighted by Gasteiger charge is -2.37. The highest BCUT2D eigenvalue weighted by molar-refractivity contribution is 7.20. The van der Waals surface area contributed by atoms with E-state index < -0.39 is 5.97 Å². The highest BCUT2D eigenvalue weighted by Gasteiger charge is 2.26. The summed E-state index contributed by atoms with van der Waals surface area (Å²) in [5.41, 5.74) is 1.39. The third-order valence-corrected chi connectivity index (χ3v) is 6.22. The molecule has 0 amide bonds. The van der Waals surface area contributed by atoms with E-state index in [1.807, 2.05) is 17.9 Å². The molecule has 0 atom stereocenters. The molecule has 9 heteroatoms. The van der Waals surface area contributed by atoms with Crippen molar-refractivity contribution in [3.63, 3.8) is 0 Å². The predicted molar refractivity (Wildman–Crippen MR) is 109 cm³/mol. The van der Waals surface area contributed by atoms with E-state index in [2.05, 4.69) is 14.9 Å². The van der Waals surface area contributed by atoms with E-state index in [1.165, 1.54) is 24.5 Å². The standard InChI is InChI=1S/C19H18ClFN4O2S/c1-11-14-16(22-19(20)23-17(14)28-15(11)18(26)27-2)25-9-7-24(8-10-25)13-6-4-3-5-12(13)21/h3-6H,7-10H2,1-2H3. The van der Waals surface area contributed by atoms with Crippen molar-refractivity contribution >= 4 is 50.6 Å². The number of para-hydroxylation sites is 1. The van der Waals surface area contributed by atoms with Crippen LogP contribution in [0.25, 0.3) is 10.2 Å². The number of benzene rings is 1. The lowest BCUT2D eigenvalue weighted by atomic mass is 10.1. The Labute approximate surface area is 170 Å². The first-order chi connectivity index (χ1) is 13.5. The van der Waals surface area contributed by atoms with Crippen molar-refractivity contribution in [3.8, 4) is 0 Å². The lowest BCUT2D eigenvalue weighted by Crippen LogP contribution is -2.47. The molecule has 0 radical (unpaired) electrons. The number of aryl methyl sites for hydroxylation is 1. The molecular weight excluding hydrogens is 403 g/mol. The number of methoxy groups -OCH3 is 1. The largest absolute Gasteiger partial charge is 0.465 e. The number of halogens is 2. The summed E-state index contributed by atoms with van der Waals surface area (Å²) in [4.78, 5) is 26.1. The molecule has 4 rings (SSSR count). The smallest absolute Gasteiger partial charge is 0.348 e. The van der Waals surface area contributed by atoms with Crippen LogP contribution >= 0.6 is 22.9 Å². The SMILES string of the molecule is COC(=O)c1sc2nc(Cl)nc(N3CCN(c4ccccc4F)CC3)c2c1C. The summed E-state index contributed by atoms with van der Waals surface area (Å²) in [6, 6.07) is 6.78. The van der Waals surface area contributed by atoms with E-state index >= 15 is 0 Å². The fourth-order valence-electron chi connectivity index (χ4n) is 3.48. The number of piperazine rings is 1. The van der Waals surface area contributed by atoms with E-state index in [0.717, 1.165) is 10.9 Å². The minimum Gasteiger partial charge on any atom is -0.465 e. The van der Waals surface area contributed by atoms with Crippen LogP contribution in [-0.2, 0) is 4.74 Å². The number of carbonyl (C=O) groups excluding carboxylic acids is 1. The molecule has 3 heterocycles. The Balaban J connectivity index is 1.66. The van der Waals surface area contributed by atoms with E-state index in [0.29, 0.717) is 47.4 Å². The van der Waals surface area contributed by atoms with Crippen LogP contribution < -0.4 is 9.80 Å². The average molecular weight is 421 g/mol. The average Bonchev–Trinajstić information content (AvgIpc) is 3.03. The number of hydrogen-bond donors (Lipinski definition) is 0. The number of thiophene rings is 1. The van der Waals surface area contributed by atoms with Crippen molar-refractivity contribution in [2.75, 3.05) is 43.1 Å². The number of hydrogen-bond acceptors (Lipinski definition) is 7. The number of aromatic nitrogens is 2. The van der Waals surface area contributed by atoms with Gasteiger partial charge in [-0.25, -0.2) is 14.2 Å². The van der Waals surface area contributed by atoms with Gasteiger partial charge in [0.1, 0.15) is 21.3 Å². The molecule has 0 saturated carbocycles. The molecule has 6 nitrogen and oxygen atoms in total. The number of carbonyl (C=O) groups is 1. The number of rotatable bonds is 3. The third-order valence-electron chi connectivity index (χ3n) is 4.89. The number of ether oxygens (including phenoxy) is 1. The summed E-state index contributed by atoms with van der Waals surface area (Å²) < 4.78 is 19.0. The first kappa shape index (κ1) is 18.9. The molecule has 1 saturated heterocycles. The van der Waals surface area contributed by atoms with Gasteiger partial charge < -0.3 is 14.5 Å². The van der Waals surface area contributed by atoms with Gasteiger partial charge in [-0.3, -0.25) is 0 Å². The topological polar surface area (TPSA) is 58.6 Å². The second-order valence-corrected chi connectivity index (χ2v) is 7.81. The van der Waals surface area contributed by atoms with Gasteiger partial charge in [-0.15, -0.1) is 11.3 Å². The van der Waals surface area contributed by atoms with Gasteiger partial charge >= 0.3 is 5.97 Å². The molecule has 0 unspecified atom stereocenters. The maximum absolute atomic E-state index is 14.1. The van der Waals surface area contributed by atoms with Gasteiger partial charge in [-0.05, 0) is 36.2 Å². The maximum Gasteiger partial charge on any atom is 0.348 e. The van der Waals surface area contributed by atoms with Crippen LogP contribution in [0.1, 0.15) is 15.2 Å². The molecule has 2 aromatic heterocycles. The third kappa shape index (κ3) is 3.27. The summed E-state index contributed by atoms with van der Waals surface area (Å²) in [5.74, 6) is 0.0823.